The summed E-state index contributed by atoms with van der Waals surface area (Å²) >= 11 is 0. The Kier molecular flexibility index (Phi) is 38.0. The molecular weight excluding hydrogens is 480 g/mol. The van der Waals surface area contributed by atoms with Crippen molar-refractivity contribution < 1.29 is 0 Å². The molecule has 0 saturated carbocycles. The van der Waals surface area contributed by atoms with Crippen LogP contribution >= 0.6 is 0 Å². The number of hydrogen-bond donors (Lipinski definition) is 0. The van der Waals surface area contributed by atoms with Gasteiger partial charge in [-0.2, -0.15) is 0 Å². The van der Waals surface area contributed by atoms with Gasteiger partial charge in [-0.1, -0.05) is 205 Å². The molecular formula is C40H78. The van der Waals surface area contributed by atoms with Crippen LogP contribution in [0.4, 0.5) is 0 Å². The van der Waals surface area contributed by atoms with E-state index in [0.29, 0.717) is 0 Å². The van der Waals surface area contributed by atoms with Gasteiger partial charge in [-0.25, -0.2) is 0 Å². The molecule has 0 aromatic heterocycles. The van der Waals surface area contributed by atoms with Gasteiger partial charge in [-0.3, -0.25) is 0 Å². The third-order valence-electron chi connectivity index (χ3n) is 8.77. The smallest absolute Gasteiger partial charge is 0.0351 e. The predicted molar refractivity (Wildman–Crippen MR) is 187 cm³/mol. The quantitative estimate of drug-likeness (QED) is 0.0536. The van der Waals surface area contributed by atoms with Gasteiger partial charge in [0.25, 0.3) is 0 Å². The van der Waals surface area contributed by atoms with Crippen LogP contribution in [0.3, 0.4) is 0 Å². The first-order valence-corrected chi connectivity index (χ1v) is 19.2. The SMILES string of the molecule is CCCCCC=CCCCCCCCCCCCCCCCCCC=CCCCCCCCCCCCCCC. The first-order chi connectivity index (χ1) is 19.9. The lowest BCUT2D eigenvalue weighted by atomic mass is 10.0. The monoisotopic (exact) mass is 559 g/mol. The lowest BCUT2D eigenvalue weighted by Crippen LogP contribution is -1.83. The molecule has 0 bridgehead atoms. The molecule has 0 heterocycles. The lowest BCUT2D eigenvalue weighted by molar-refractivity contribution is 0.531. The second-order valence-corrected chi connectivity index (χ2v) is 13.0. The van der Waals surface area contributed by atoms with Gasteiger partial charge in [-0.05, 0) is 51.4 Å². The Bertz CT molecular complexity index is 472. The van der Waals surface area contributed by atoms with Crippen LogP contribution in [-0.4, -0.2) is 0 Å². The maximum absolute atomic E-state index is 2.46. The fraction of sp³-hybridized carbons (Fsp3) is 0.900. The van der Waals surface area contributed by atoms with E-state index in [4.69, 9.17) is 0 Å². The van der Waals surface area contributed by atoms with Gasteiger partial charge in [0.15, 0.2) is 0 Å². The zero-order valence-corrected chi connectivity index (χ0v) is 28.4. The molecule has 0 spiro atoms. The first-order valence-electron chi connectivity index (χ1n) is 19.2. The van der Waals surface area contributed by atoms with Crippen LogP contribution in [0.25, 0.3) is 0 Å². The third kappa shape index (κ3) is 37.5. The minimum atomic E-state index is 1.30. The van der Waals surface area contributed by atoms with Crippen molar-refractivity contribution in [3.8, 4) is 0 Å². The largest absolute Gasteiger partial charge is 0.0885 e. The van der Waals surface area contributed by atoms with E-state index in [0.717, 1.165) is 0 Å². The molecule has 0 amide bonds. The van der Waals surface area contributed by atoms with Crippen LogP contribution in [0.2, 0.25) is 0 Å². The maximum atomic E-state index is 2.46. The van der Waals surface area contributed by atoms with Crippen molar-refractivity contribution in [1.29, 1.82) is 0 Å². The summed E-state index contributed by atoms with van der Waals surface area (Å²) in [5.41, 5.74) is 0. The fourth-order valence-corrected chi connectivity index (χ4v) is 5.91. The minimum Gasteiger partial charge on any atom is -0.0885 e. The maximum Gasteiger partial charge on any atom is -0.0351 e. The topological polar surface area (TPSA) is 0 Å². The fourth-order valence-electron chi connectivity index (χ4n) is 5.91. The van der Waals surface area contributed by atoms with E-state index in [1.54, 1.807) is 0 Å². The van der Waals surface area contributed by atoms with Gasteiger partial charge in [0.2, 0.25) is 0 Å². The molecule has 238 valence electrons. The van der Waals surface area contributed by atoms with Crippen LogP contribution in [-0.2, 0) is 0 Å². The molecule has 0 fully saturated rings. The highest BCUT2D eigenvalue weighted by atomic mass is 14.0. The minimum absolute atomic E-state index is 1.30. The van der Waals surface area contributed by atoms with Gasteiger partial charge >= 0.3 is 0 Å². The number of unbranched alkanes of at least 4 members (excludes halogenated alkanes) is 31. The summed E-state index contributed by atoms with van der Waals surface area (Å²) in [7, 11) is 0. The van der Waals surface area contributed by atoms with Crippen molar-refractivity contribution in [2.75, 3.05) is 0 Å². The highest BCUT2D eigenvalue weighted by Gasteiger charge is 1.95. The molecule has 0 rings (SSSR count). The van der Waals surface area contributed by atoms with Gasteiger partial charge < -0.3 is 0 Å². The van der Waals surface area contributed by atoms with Crippen molar-refractivity contribution in [3.05, 3.63) is 24.3 Å². The molecule has 0 aliphatic carbocycles. The van der Waals surface area contributed by atoms with Crippen LogP contribution in [0, 0.1) is 0 Å². The average Bonchev–Trinajstić information content (AvgIpc) is 2.97. The number of rotatable bonds is 35. The lowest BCUT2D eigenvalue weighted by Gasteiger charge is -2.03. The Labute approximate surface area is 256 Å². The molecule has 0 aliphatic rings. The van der Waals surface area contributed by atoms with Gasteiger partial charge in [0.05, 0.1) is 0 Å². The Morgan fingerprint density at radius 3 is 0.575 bits per heavy atom. The van der Waals surface area contributed by atoms with E-state index in [-0.39, 0.29) is 0 Å². The predicted octanol–water partition coefficient (Wildman–Crippen LogP) is 15.4. The average molecular weight is 559 g/mol. The second kappa shape index (κ2) is 38.5. The molecule has 0 aromatic rings. The molecule has 0 unspecified atom stereocenters. The summed E-state index contributed by atoms with van der Waals surface area (Å²) in [4.78, 5) is 0. The molecule has 0 nitrogen and oxygen atoms in total. The number of hydrogen-bond acceptors (Lipinski definition) is 0. The normalized spacial score (nSPS) is 11.9. The molecule has 0 atom stereocenters. The van der Waals surface area contributed by atoms with E-state index in [1.807, 2.05) is 0 Å². The second-order valence-electron chi connectivity index (χ2n) is 13.0. The summed E-state index contributed by atoms with van der Waals surface area (Å²) in [5.74, 6) is 0. The Morgan fingerprint density at radius 2 is 0.350 bits per heavy atom. The highest BCUT2D eigenvalue weighted by Crippen LogP contribution is 2.15. The summed E-state index contributed by atoms with van der Waals surface area (Å²) in [6.45, 7) is 4.59. The summed E-state index contributed by atoms with van der Waals surface area (Å²) in [6, 6.07) is 0. The van der Waals surface area contributed by atoms with E-state index in [1.165, 1.54) is 218 Å². The highest BCUT2D eigenvalue weighted by molar-refractivity contribution is 4.82. The van der Waals surface area contributed by atoms with E-state index in [2.05, 4.69) is 38.2 Å². The zero-order chi connectivity index (χ0) is 28.9. The van der Waals surface area contributed by atoms with Gasteiger partial charge in [-0.15, -0.1) is 0 Å². The van der Waals surface area contributed by atoms with Crippen LogP contribution < -0.4 is 0 Å². The Morgan fingerprint density at radius 1 is 0.200 bits per heavy atom. The Hall–Kier alpha value is -0.520. The molecule has 0 radical (unpaired) electrons. The van der Waals surface area contributed by atoms with Gasteiger partial charge in [0.1, 0.15) is 0 Å². The van der Waals surface area contributed by atoms with E-state index in [9.17, 15) is 0 Å². The van der Waals surface area contributed by atoms with E-state index < -0.39 is 0 Å². The van der Waals surface area contributed by atoms with Crippen LogP contribution in [0.5, 0.6) is 0 Å². The zero-order valence-electron chi connectivity index (χ0n) is 28.4. The van der Waals surface area contributed by atoms with E-state index >= 15 is 0 Å². The standard InChI is InChI=1S/C40H78/c1-3-5-7-9-11-13-15-17-19-21-23-25-27-29-31-33-35-37-39-40-38-36-34-32-30-28-26-24-22-20-18-16-14-12-10-8-6-4-2/h11,13,30,32H,3-10,12,14-29,31,33-40H2,1-2H3. The summed E-state index contributed by atoms with van der Waals surface area (Å²) < 4.78 is 0. The molecule has 40 heavy (non-hydrogen) atoms. The molecule has 0 N–H and O–H groups in total. The van der Waals surface area contributed by atoms with Gasteiger partial charge in [0, 0.05) is 0 Å². The number of allylic oxidation sites excluding steroid dienone is 4. The van der Waals surface area contributed by atoms with Crippen LogP contribution in [0.15, 0.2) is 24.3 Å². The summed E-state index contributed by atoms with van der Waals surface area (Å²) in [6.07, 6.45) is 58.4. The molecule has 0 aliphatic heterocycles. The summed E-state index contributed by atoms with van der Waals surface area (Å²) in [5, 5.41) is 0. The molecule has 0 saturated heterocycles. The first kappa shape index (κ1) is 39.5. The third-order valence-corrected chi connectivity index (χ3v) is 8.77. The van der Waals surface area contributed by atoms with Crippen molar-refractivity contribution in [3.63, 3.8) is 0 Å². The molecule has 0 heteroatoms. The molecule has 0 aromatic carbocycles. The van der Waals surface area contributed by atoms with Crippen molar-refractivity contribution in [1.82, 2.24) is 0 Å². The van der Waals surface area contributed by atoms with Crippen molar-refractivity contribution in [2.24, 2.45) is 0 Å². The van der Waals surface area contributed by atoms with Crippen LogP contribution in [0.1, 0.15) is 232 Å². The van der Waals surface area contributed by atoms with Crippen molar-refractivity contribution >= 4 is 0 Å². The van der Waals surface area contributed by atoms with Crippen molar-refractivity contribution in [2.45, 2.75) is 232 Å². The Balaban J connectivity index is 3.10.